The Morgan fingerprint density at radius 2 is 2.14 bits per heavy atom. The maximum Gasteiger partial charge on any atom is 0.0358 e. The van der Waals surface area contributed by atoms with Crippen LogP contribution in [0.2, 0.25) is 0 Å². The summed E-state index contributed by atoms with van der Waals surface area (Å²) in [5.74, 6) is 0. The first kappa shape index (κ1) is 9.87. The third kappa shape index (κ3) is 2.42. The molecule has 2 atom stereocenters. The Morgan fingerprint density at radius 1 is 1.36 bits per heavy atom. The molecule has 1 heterocycles. The molecule has 2 unspecified atom stereocenters. The van der Waals surface area contributed by atoms with E-state index in [-0.39, 0.29) is 0 Å². The van der Waals surface area contributed by atoms with E-state index in [9.17, 15) is 0 Å². The summed E-state index contributed by atoms with van der Waals surface area (Å²) in [6, 6.07) is 10.8. The van der Waals surface area contributed by atoms with Crippen LogP contribution in [0.15, 0.2) is 30.3 Å². The third-order valence-electron chi connectivity index (χ3n) is 2.61. The minimum Gasteiger partial charge on any atom is -0.383 e. The van der Waals surface area contributed by atoms with Crippen molar-refractivity contribution in [2.24, 2.45) is 0 Å². The summed E-state index contributed by atoms with van der Waals surface area (Å²) in [6.07, 6.45) is 1.17. The number of hydrogen-bond donors (Lipinski definition) is 3. The zero-order valence-electron chi connectivity index (χ0n) is 8.11. The van der Waals surface area contributed by atoms with Crippen molar-refractivity contribution >= 4 is 18.3 Å². The first-order chi connectivity index (χ1) is 6.86. The molecule has 14 heavy (non-hydrogen) atoms. The zero-order valence-corrected chi connectivity index (χ0v) is 9.00. The lowest BCUT2D eigenvalue weighted by molar-refractivity contribution is 0.644. The van der Waals surface area contributed by atoms with E-state index in [0.717, 1.165) is 13.1 Å². The van der Waals surface area contributed by atoms with E-state index in [1.165, 1.54) is 12.1 Å². The van der Waals surface area contributed by atoms with Crippen LogP contribution in [0.4, 0.5) is 5.69 Å². The van der Waals surface area contributed by atoms with Crippen LogP contribution >= 0.6 is 12.6 Å². The van der Waals surface area contributed by atoms with Crippen molar-refractivity contribution in [1.29, 1.82) is 0 Å². The molecule has 0 radical (unpaired) electrons. The lowest BCUT2D eigenvalue weighted by Gasteiger charge is -2.16. The highest BCUT2D eigenvalue weighted by molar-refractivity contribution is 7.81. The van der Waals surface area contributed by atoms with Gasteiger partial charge in [-0.15, -0.1) is 0 Å². The van der Waals surface area contributed by atoms with Gasteiger partial charge in [0.1, 0.15) is 0 Å². The predicted octanol–water partition coefficient (Wildman–Crippen LogP) is 1.76. The van der Waals surface area contributed by atoms with Gasteiger partial charge in [0, 0.05) is 23.5 Å². The standard InChI is InChI=1S/C11H16N2S/c14-11-6-7-12-10(11)8-13-9-4-2-1-3-5-9/h1-5,10-14H,6-8H2. The summed E-state index contributed by atoms with van der Waals surface area (Å²) in [6.45, 7) is 2.05. The summed E-state index contributed by atoms with van der Waals surface area (Å²) >= 11 is 4.53. The molecule has 0 spiro atoms. The molecule has 1 saturated heterocycles. The average Bonchev–Trinajstić information content (AvgIpc) is 2.63. The molecule has 1 aliphatic heterocycles. The number of nitrogens with one attached hydrogen (secondary N) is 2. The fourth-order valence-electron chi connectivity index (χ4n) is 1.75. The van der Waals surface area contributed by atoms with Crippen LogP contribution in [0, 0.1) is 0 Å². The van der Waals surface area contributed by atoms with E-state index >= 15 is 0 Å². The van der Waals surface area contributed by atoms with Crippen molar-refractivity contribution in [1.82, 2.24) is 5.32 Å². The molecule has 0 amide bonds. The normalized spacial score (nSPS) is 26.4. The van der Waals surface area contributed by atoms with Crippen LogP contribution in [-0.4, -0.2) is 24.4 Å². The van der Waals surface area contributed by atoms with E-state index in [2.05, 4.69) is 35.4 Å². The summed E-state index contributed by atoms with van der Waals surface area (Å²) < 4.78 is 0. The van der Waals surface area contributed by atoms with E-state index in [4.69, 9.17) is 0 Å². The molecule has 0 saturated carbocycles. The third-order valence-corrected chi connectivity index (χ3v) is 3.23. The minimum atomic E-state index is 0.492. The quantitative estimate of drug-likeness (QED) is 0.659. The first-order valence-corrected chi connectivity index (χ1v) is 5.58. The smallest absolute Gasteiger partial charge is 0.0358 e. The lowest BCUT2D eigenvalue weighted by atomic mass is 10.2. The molecule has 0 aromatic heterocycles. The van der Waals surface area contributed by atoms with Gasteiger partial charge in [-0.3, -0.25) is 0 Å². The fourth-order valence-corrected chi connectivity index (χ4v) is 2.09. The average molecular weight is 208 g/mol. The molecule has 76 valence electrons. The van der Waals surface area contributed by atoms with Gasteiger partial charge in [-0.05, 0) is 25.1 Å². The molecule has 0 bridgehead atoms. The van der Waals surface area contributed by atoms with E-state index in [1.54, 1.807) is 0 Å². The van der Waals surface area contributed by atoms with Gasteiger partial charge in [-0.1, -0.05) is 18.2 Å². The number of benzene rings is 1. The van der Waals surface area contributed by atoms with Gasteiger partial charge in [-0.2, -0.15) is 12.6 Å². The molecule has 0 aliphatic carbocycles. The van der Waals surface area contributed by atoms with Gasteiger partial charge in [0.2, 0.25) is 0 Å². The monoisotopic (exact) mass is 208 g/mol. The second kappa shape index (κ2) is 4.71. The second-order valence-electron chi connectivity index (χ2n) is 3.66. The Labute approximate surface area is 90.5 Å². The molecule has 2 N–H and O–H groups in total. The molecule has 1 aromatic rings. The molecule has 1 fully saturated rings. The van der Waals surface area contributed by atoms with Gasteiger partial charge >= 0.3 is 0 Å². The maximum atomic E-state index is 4.53. The number of anilines is 1. The summed E-state index contributed by atoms with van der Waals surface area (Å²) in [4.78, 5) is 0. The van der Waals surface area contributed by atoms with Gasteiger partial charge in [0.25, 0.3) is 0 Å². The van der Waals surface area contributed by atoms with Crippen LogP contribution < -0.4 is 10.6 Å². The van der Waals surface area contributed by atoms with Crippen molar-refractivity contribution in [2.45, 2.75) is 17.7 Å². The van der Waals surface area contributed by atoms with Gasteiger partial charge in [-0.25, -0.2) is 0 Å². The molecule has 2 rings (SSSR count). The Hall–Kier alpha value is -0.670. The highest BCUT2D eigenvalue weighted by Crippen LogP contribution is 2.14. The van der Waals surface area contributed by atoms with Crippen LogP contribution in [0.5, 0.6) is 0 Å². The van der Waals surface area contributed by atoms with Gasteiger partial charge < -0.3 is 10.6 Å². The number of hydrogen-bond acceptors (Lipinski definition) is 3. The van der Waals surface area contributed by atoms with Crippen molar-refractivity contribution in [3.63, 3.8) is 0 Å². The Kier molecular flexibility index (Phi) is 3.32. The van der Waals surface area contributed by atoms with Crippen LogP contribution in [0.3, 0.4) is 0 Å². The van der Waals surface area contributed by atoms with E-state index in [0.29, 0.717) is 11.3 Å². The lowest BCUT2D eigenvalue weighted by Crippen LogP contribution is -2.34. The second-order valence-corrected chi connectivity index (χ2v) is 4.33. The molecule has 1 aromatic carbocycles. The maximum absolute atomic E-state index is 4.53. The highest BCUT2D eigenvalue weighted by Gasteiger charge is 2.22. The van der Waals surface area contributed by atoms with Gasteiger partial charge in [0.05, 0.1) is 0 Å². The number of thiol groups is 1. The summed E-state index contributed by atoms with van der Waals surface area (Å²) in [5, 5.41) is 7.34. The molecular formula is C11H16N2S. The minimum absolute atomic E-state index is 0.492. The molecule has 3 heteroatoms. The van der Waals surface area contributed by atoms with Crippen LogP contribution in [0.1, 0.15) is 6.42 Å². The first-order valence-electron chi connectivity index (χ1n) is 5.06. The SMILES string of the molecule is SC1CCNC1CNc1ccccc1. The Morgan fingerprint density at radius 3 is 2.79 bits per heavy atom. The van der Waals surface area contributed by atoms with E-state index < -0.39 is 0 Å². The summed E-state index contributed by atoms with van der Waals surface area (Å²) in [7, 11) is 0. The highest BCUT2D eigenvalue weighted by atomic mass is 32.1. The van der Waals surface area contributed by atoms with Crippen molar-refractivity contribution in [2.75, 3.05) is 18.4 Å². The van der Waals surface area contributed by atoms with Crippen molar-refractivity contribution in [3.05, 3.63) is 30.3 Å². The number of para-hydroxylation sites is 1. The van der Waals surface area contributed by atoms with Crippen molar-refractivity contribution < 1.29 is 0 Å². The van der Waals surface area contributed by atoms with Crippen LogP contribution in [-0.2, 0) is 0 Å². The fraction of sp³-hybridized carbons (Fsp3) is 0.455. The Bertz CT molecular complexity index is 276. The molecule has 1 aliphatic rings. The van der Waals surface area contributed by atoms with E-state index in [1.807, 2.05) is 18.2 Å². The predicted molar refractivity (Wildman–Crippen MR) is 64.1 cm³/mol. The van der Waals surface area contributed by atoms with Crippen LogP contribution in [0.25, 0.3) is 0 Å². The zero-order chi connectivity index (χ0) is 9.80. The van der Waals surface area contributed by atoms with Gasteiger partial charge in [0.15, 0.2) is 0 Å². The number of rotatable bonds is 3. The largest absolute Gasteiger partial charge is 0.383 e. The molecular weight excluding hydrogens is 192 g/mol. The summed E-state index contributed by atoms with van der Waals surface area (Å²) in [5.41, 5.74) is 1.18. The topological polar surface area (TPSA) is 24.1 Å². The van der Waals surface area contributed by atoms with Crippen molar-refractivity contribution in [3.8, 4) is 0 Å². The molecule has 2 nitrogen and oxygen atoms in total. The Balaban J connectivity index is 1.82.